The molecule has 8 heteroatoms. The minimum absolute atomic E-state index is 0.255. The second kappa shape index (κ2) is 7.64. The van der Waals surface area contributed by atoms with Crippen molar-refractivity contribution in [3.05, 3.63) is 23.8 Å². The lowest BCUT2D eigenvalue weighted by molar-refractivity contribution is -0.144. The molecule has 1 atom stereocenters. The Bertz CT molecular complexity index is 714. The fraction of sp³-hybridized carbons (Fsp3) is 0.579. The molecular formula is C19H26N2O6. The number of carboxylic acids is 1. The fourth-order valence-corrected chi connectivity index (χ4v) is 3.62. The molecule has 0 saturated carbocycles. The van der Waals surface area contributed by atoms with E-state index < -0.39 is 12.1 Å². The molecule has 2 fully saturated rings. The van der Waals surface area contributed by atoms with Crippen molar-refractivity contribution in [3.8, 4) is 11.5 Å². The number of ether oxygens (including phenoxy) is 3. The van der Waals surface area contributed by atoms with E-state index in [-0.39, 0.29) is 11.7 Å². The van der Waals surface area contributed by atoms with E-state index in [1.807, 2.05) is 12.1 Å². The summed E-state index contributed by atoms with van der Waals surface area (Å²) in [4.78, 5) is 26.8. The van der Waals surface area contributed by atoms with E-state index in [0.29, 0.717) is 24.6 Å². The van der Waals surface area contributed by atoms with Crippen molar-refractivity contribution in [2.45, 2.75) is 38.0 Å². The molecule has 27 heavy (non-hydrogen) atoms. The molecule has 1 aromatic rings. The number of amides is 1. The molecule has 2 saturated heterocycles. The van der Waals surface area contributed by atoms with Gasteiger partial charge in [-0.2, -0.15) is 0 Å². The number of methoxy groups -OCH3 is 1. The van der Waals surface area contributed by atoms with Crippen LogP contribution in [0.5, 0.6) is 11.5 Å². The number of hydrogen-bond donors (Lipinski definition) is 1. The van der Waals surface area contributed by atoms with Crippen molar-refractivity contribution in [1.82, 2.24) is 9.80 Å². The van der Waals surface area contributed by atoms with Crippen molar-refractivity contribution < 1.29 is 28.9 Å². The normalized spacial score (nSPS) is 20.4. The largest absolute Gasteiger partial charge is 0.493 e. The topological polar surface area (TPSA) is 88.5 Å². The SMILES string of the molecule is COc1cccc(CN2CCC3(CC2)CN(C)C(=O)O3)c1OC(C)C(=O)O. The smallest absolute Gasteiger partial charge is 0.410 e. The van der Waals surface area contributed by atoms with E-state index in [2.05, 4.69) is 4.90 Å². The standard InChI is InChI=1S/C19H26N2O6/c1-13(17(22)23)26-16-14(5-4-6-15(16)25-3)11-21-9-7-19(8-10-21)12-20(2)18(24)27-19/h4-6,13H,7-12H2,1-3H3,(H,22,23). The summed E-state index contributed by atoms with van der Waals surface area (Å²) in [5, 5.41) is 9.16. The summed E-state index contributed by atoms with van der Waals surface area (Å²) in [6, 6.07) is 5.54. The van der Waals surface area contributed by atoms with Crippen LogP contribution in [-0.4, -0.2) is 72.5 Å². The van der Waals surface area contributed by atoms with Crippen LogP contribution in [0.2, 0.25) is 0 Å². The molecule has 2 aliphatic heterocycles. The van der Waals surface area contributed by atoms with Gasteiger partial charge in [0.05, 0.1) is 13.7 Å². The third-order valence-corrected chi connectivity index (χ3v) is 5.22. The number of nitrogens with zero attached hydrogens (tertiary/aromatic N) is 2. The van der Waals surface area contributed by atoms with Gasteiger partial charge in [0, 0.05) is 45.1 Å². The van der Waals surface area contributed by atoms with Crippen molar-refractivity contribution >= 4 is 12.1 Å². The highest BCUT2D eigenvalue weighted by atomic mass is 16.6. The number of rotatable bonds is 6. The highest BCUT2D eigenvalue weighted by molar-refractivity contribution is 5.72. The molecule has 0 aromatic heterocycles. The Morgan fingerprint density at radius 2 is 2.07 bits per heavy atom. The Morgan fingerprint density at radius 3 is 2.63 bits per heavy atom. The maximum atomic E-state index is 11.7. The van der Waals surface area contributed by atoms with E-state index in [4.69, 9.17) is 19.3 Å². The number of benzene rings is 1. The van der Waals surface area contributed by atoms with Gasteiger partial charge in [-0.1, -0.05) is 12.1 Å². The zero-order valence-corrected chi connectivity index (χ0v) is 15.9. The first-order valence-electron chi connectivity index (χ1n) is 9.05. The molecule has 1 amide bonds. The van der Waals surface area contributed by atoms with Gasteiger partial charge >= 0.3 is 12.1 Å². The Morgan fingerprint density at radius 1 is 1.37 bits per heavy atom. The number of carboxylic acid groups (broad SMARTS) is 1. The maximum Gasteiger partial charge on any atom is 0.410 e. The first-order chi connectivity index (χ1) is 12.8. The first-order valence-corrected chi connectivity index (χ1v) is 9.05. The number of para-hydroxylation sites is 1. The molecule has 0 radical (unpaired) electrons. The number of piperidine rings is 1. The summed E-state index contributed by atoms with van der Waals surface area (Å²) < 4.78 is 16.6. The summed E-state index contributed by atoms with van der Waals surface area (Å²) in [6.07, 6.45) is 0.316. The quantitative estimate of drug-likeness (QED) is 0.809. The van der Waals surface area contributed by atoms with Crippen LogP contribution >= 0.6 is 0 Å². The molecule has 0 bridgehead atoms. The first kappa shape index (κ1) is 19.3. The number of likely N-dealkylation sites (tertiary alicyclic amines) is 1. The Labute approximate surface area is 158 Å². The number of carbonyl (C=O) groups excluding carboxylic acids is 1. The summed E-state index contributed by atoms with van der Waals surface area (Å²) in [7, 11) is 3.29. The number of hydrogen-bond acceptors (Lipinski definition) is 6. The molecule has 2 heterocycles. The van der Waals surface area contributed by atoms with Crippen molar-refractivity contribution in [2.24, 2.45) is 0 Å². The number of aliphatic carboxylic acids is 1. The zero-order valence-electron chi connectivity index (χ0n) is 15.9. The van der Waals surface area contributed by atoms with Crippen LogP contribution in [0.1, 0.15) is 25.3 Å². The van der Waals surface area contributed by atoms with Crippen molar-refractivity contribution in [2.75, 3.05) is 33.8 Å². The van der Waals surface area contributed by atoms with Gasteiger partial charge in [0.15, 0.2) is 17.6 Å². The monoisotopic (exact) mass is 378 g/mol. The van der Waals surface area contributed by atoms with Crippen molar-refractivity contribution in [3.63, 3.8) is 0 Å². The molecule has 1 unspecified atom stereocenters. The van der Waals surface area contributed by atoms with E-state index in [0.717, 1.165) is 31.5 Å². The van der Waals surface area contributed by atoms with Crippen LogP contribution in [0.25, 0.3) is 0 Å². The minimum atomic E-state index is -1.03. The molecule has 1 spiro atoms. The zero-order chi connectivity index (χ0) is 19.6. The lowest BCUT2D eigenvalue weighted by atomic mass is 9.91. The van der Waals surface area contributed by atoms with Gasteiger partial charge in [0.1, 0.15) is 5.60 Å². The Kier molecular flexibility index (Phi) is 5.46. The maximum absolute atomic E-state index is 11.7. The lowest BCUT2D eigenvalue weighted by Gasteiger charge is -2.37. The minimum Gasteiger partial charge on any atom is -0.493 e. The summed E-state index contributed by atoms with van der Waals surface area (Å²) in [5.41, 5.74) is 0.493. The van der Waals surface area contributed by atoms with Crippen molar-refractivity contribution in [1.29, 1.82) is 0 Å². The van der Waals surface area contributed by atoms with E-state index in [1.54, 1.807) is 18.0 Å². The van der Waals surface area contributed by atoms with E-state index >= 15 is 0 Å². The van der Waals surface area contributed by atoms with Crippen LogP contribution in [-0.2, 0) is 16.1 Å². The summed E-state index contributed by atoms with van der Waals surface area (Å²) in [6.45, 7) is 4.30. The molecule has 148 valence electrons. The predicted molar refractivity (Wildman–Crippen MR) is 97.1 cm³/mol. The predicted octanol–water partition coefficient (Wildman–Crippen LogP) is 1.96. The number of carbonyl (C=O) groups is 2. The van der Waals surface area contributed by atoms with Gasteiger partial charge in [-0.15, -0.1) is 0 Å². The van der Waals surface area contributed by atoms with Gasteiger partial charge < -0.3 is 24.2 Å². The molecule has 0 aliphatic carbocycles. The van der Waals surface area contributed by atoms with Crippen LogP contribution < -0.4 is 9.47 Å². The number of likely N-dealkylation sites (N-methyl/N-ethyl adjacent to an activating group) is 1. The molecule has 1 N–H and O–H groups in total. The average molecular weight is 378 g/mol. The van der Waals surface area contributed by atoms with Gasteiger partial charge in [0.25, 0.3) is 0 Å². The highest BCUT2D eigenvalue weighted by Crippen LogP contribution is 2.36. The Balaban J connectivity index is 1.69. The highest BCUT2D eigenvalue weighted by Gasteiger charge is 2.45. The third kappa shape index (κ3) is 4.10. The van der Waals surface area contributed by atoms with Crippen LogP contribution in [0.4, 0.5) is 4.79 Å². The van der Waals surface area contributed by atoms with Gasteiger partial charge in [-0.05, 0) is 13.0 Å². The molecule has 2 aliphatic rings. The lowest BCUT2D eigenvalue weighted by Crippen LogP contribution is -2.46. The van der Waals surface area contributed by atoms with Gasteiger partial charge in [-0.25, -0.2) is 9.59 Å². The molecular weight excluding hydrogens is 352 g/mol. The van der Waals surface area contributed by atoms with Crippen LogP contribution in [0.15, 0.2) is 18.2 Å². The molecule has 3 rings (SSSR count). The van der Waals surface area contributed by atoms with Crippen LogP contribution in [0.3, 0.4) is 0 Å². The van der Waals surface area contributed by atoms with Gasteiger partial charge in [0.2, 0.25) is 0 Å². The van der Waals surface area contributed by atoms with Gasteiger partial charge in [-0.3, -0.25) is 4.90 Å². The van der Waals surface area contributed by atoms with E-state index in [1.165, 1.54) is 14.0 Å². The fourth-order valence-electron chi connectivity index (χ4n) is 3.62. The van der Waals surface area contributed by atoms with Crippen LogP contribution in [0, 0.1) is 0 Å². The molecule has 8 nitrogen and oxygen atoms in total. The summed E-state index contributed by atoms with van der Waals surface area (Å²) in [5.74, 6) is -0.0541. The Hall–Kier alpha value is -2.48. The van der Waals surface area contributed by atoms with E-state index in [9.17, 15) is 9.59 Å². The second-order valence-electron chi connectivity index (χ2n) is 7.23. The summed E-state index contributed by atoms with van der Waals surface area (Å²) >= 11 is 0. The molecule has 1 aromatic carbocycles. The second-order valence-corrected chi connectivity index (χ2v) is 7.23. The third-order valence-electron chi connectivity index (χ3n) is 5.22. The average Bonchev–Trinajstić information content (AvgIpc) is 2.91.